The Hall–Kier alpha value is -3.42. The van der Waals surface area contributed by atoms with Crippen molar-refractivity contribution in [2.75, 3.05) is 7.05 Å². The van der Waals surface area contributed by atoms with Gasteiger partial charge in [0.15, 0.2) is 0 Å². The van der Waals surface area contributed by atoms with Crippen LogP contribution in [0.4, 0.5) is 9.18 Å². The SMILES string of the molecule is CN(C(=O)OC(C)(C)C)[C@@H](CC(C)(C)F)C(=O)OC1(C(=O)OCc2ccccc2)C[C@@H]1c1ccccc1. The van der Waals surface area contributed by atoms with Crippen LogP contribution >= 0.6 is 0 Å². The maximum atomic E-state index is 14.7. The summed E-state index contributed by atoms with van der Waals surface area (Å²) >= 11 is 0. The van der Waals surface area contributed by atoms with Crippen LogP contribution in [0.1, 0.15) is 64.5 Å². The topological polar surface area (TPSA) is 82.1 Å². The third kappa shape index (κ3) is 7.54. The quantitative estimate of drug-likeness (QED) is 0.322. The number of esters is 2. The highest BCUT2D eigenvalue weighted by molar-refractivity contribution is 5.91. The number of benzene rings is 2. The van der Waals surface area contributed by atoms with E-state index in [0.717, 1.165) is 16.0 Å². The van der Waals surface area contributed by atoms with Crippen molar-refractivity contribution in [2.45, 2.75) is 82.9 Å². The molecule has 37 heavy (non-hydrogen) atoms. The molecule has 0 spiro atoms. The van der Waals surface area contributed by atoms with Gasteiger partial charge in [-0.15, -0.1) is 0 Å². The number of hydrogen-bond donors (Lipinski definition) is 0. The molecule has 0 aromatic heterocycles. The molecule has 3 atom stereocenters. The second kappa shape index (κ2) is 10.9. The summed E-state index contributed by atoms with van der Waals surface area (Å²) in [5, 5.41) is 0. The lowest BCUT2D eigenvalue weighted by molar-refractivity contribution is -0.176. The van der Waals surface area contributed by atoms with Crippen LogP contribution in [0.15, 0.2) is 60.7 Å². The summed E-state index contributed by atoms with van der Waals surface area (Å²) in [6, 6.07) is 17.1. The van der Waals surface area contributed by atoms with E-state index < -0.39 is 46.9 Å². The molecule has 200 valence electrons. The van der Waals surface area contributed by atoms with Gasteiger partial charge in [-0.3, -0.25) is 4.90 Å². The Kier molecular flexibility index (Phi) is 8.30. The summed E-state index contributed by atoms with van der Waals surface area (Å²) in [4.78, 5) is 40.6. The van der Waals surface area contributed by atoms with Crippen LogP contribution < -0.4 is 0 Å². The first-order valence-electron chi connectivity index (χ1n) is 12.4. The van der Waals surface area contributed by atoms with Gasteiger partial charge in [-0.25, -0.2) is 18.8 Å². The number of nitrogens with zero attached hydrogens (tertiary/aromatic N) is 1. The van der Waals surface area contributed by atoms with E-state index in [9.17, 15) is 18.8 Å². The smallest absolute Gasteiger partial charge is 0.410 e. The molecule has 2 aromatic rings. The van der Waals surface area contributed by atoms with E-state index in [1.807, 2.05) is 60.7 Å². The number of likely N-dealkylation sites (N-methyl/N-ethyl adjacent to an activating group) is 1. The number of carbonyl (C=O) groups excluding carboxylic acids is 3. The molecule has 0 bridgehead atoms. The molecule has 1 unspecified atom stereocenters. The van der Waals surface area contributed by atoms with Crippen LogP contribution in [-0.4, -0.2) is 52.9 Å². The highest BCUT2D eigenvalue weighted by atomic mass is 19.1. The lowest BCUT2D eigenvalue weighted by Crippen LogP contribution is -2.49. The minimum atomic E-state index is -1.80. The maximum absolute atomic E-state index is 14.7. The molecular weight excluding hydrogens is 477 g/mol. The van der Waals surface area contributed by atoms with Gasteiger partial charge in [0, 0.05) is 25.8 Å². The Morgan fingerprint density at radius 3 is 2.11 bits per heavy atom. The average Bonchev–Trinajstić information content (AvgIpc) is 3.55. The van der Waals surface area contributed by atoms with Crippen molar-refractivity contribution in [1.29, 1.82) is 0 Å². The molecule has 0 heterocycles. The molecular formula is C29H36FNO6. The predicted octanol–water partition coefficient (Wildman–Crippen LogP) is 5.57. The van der Waals surface area contributed by atoms with Crippen molar-refractivity contribution in [2.24, 2.45) is 0 Å². The Bertz CT molecular complexity index is 1090. The van der Waals surface area contributed by atoms with Crippen LogP contribution in [0, 0.1) is 0 Å². The third-order valence-corrected chi connectivity index (χ3v) is 6.05. The van der Waals surface area contributed by atoms with E-state index in [1.54, 1.807) is 20.8 Å². The Morgan fingerprint density at radius 2 is 1.57 bits per heavy atom. The fourth-order valence-corrected chi connectivity index (χ4v) is 4.09. The summed E-state index contributed by atoms with van der Waals surface area (Å²) in [7, 11) is 1.35. The van der Waals surface area contributed by atoms with E-state index in [2.05, 4.69) is 0 Å². The van der Waals surface area contributed by atoms with Gasteiger partial charge in [-0.05, 0) is 45.7 Å². The molecule has 1 amide bonds. The fourth-order valence-electron chi connectivity index (χ4n) is 4.09. The van der Waals surface area contributed by atoms with Crippen molar-refractivity contribution in [3.05, 3.63) is 71.8 Å². The third-order valence-electron chi connectivity index (χ3n) is 6.05. The van der Waals surface area contributed by atoms with Gasteiger partial charge in [0.05, 0.1) is 0 Å². The molecule has 0 radical (unpaired) electrons. The number of carbonyl (C=O) groups is 3. The van der Waals surface area contributed by atoms with Gasteiger partial charge >= 0.3 is 18.0 Å². The van der Waals surface area contributed by atoms with Gasteiger partial charge < -0.3 is 14.2 Å². The second-order valence-electron chi connectivity index (χ2n) is 11.1. The van der Waals surface area contributed by atoms with E-state index >= 15 is 0 Å². The molecule has 2 aromatic carbocycles. The van der Waals surface area contributed by atoms with Gasteiger partial charge in [-0.1, -0.05) is 60.7 Å². The van der Waals surface area contributed by atoms with Gasteiger partial charge in [0.1, 0.15) is 23.9 Å². The molecule has 8 heteroatoms. The number of ether oxygens (including phenoxy) is 3. The first-order valence-corrected chi connectivity index (χ1v) is 12.4. The minimum absolute atomic E-state index is 0.0131. The highest BCUT2D eigenvalue weighted by Crippen LogP contribution is 2.55. The summed E-state index contributed by atoms with van der Waals surface area (Å²) < 4.78 is 31.5. The van der Waals surface area contributed by atoms with Crippen molar-refractivity contribution in [3.8, 4) is 0 Å². The van der Waals surface area contributed by atoms with E-state index in [-0.39, 0.29) is 19.4 Å². The average molecular weight is 514 g/mol. The van der Waals surface area contributed by atoms with Crippen molar-refractivity contribution >= 4 is 18.0 Å². The molecule has 3 rings (SSSR count). The summed E-state index contributed by atoms with van der Waals surface area (Å²) in [5.41, 5.74) is -2.59. The first-order chi connectivity index (χ1) is 17.2. The standard InChI is InChI=1S/C29H36FNO6/c1-27(2,3)37-26(34)31(6)23(18-28(4,5)30)24(32)36-29(17-22(29)21-15-11-8-12-16-21)25(33)35-19-20-13-9-7-10-14-20/h7-16,22-23H,17-19H2,1-6H3/t22-,23+,29?/m1/s1. The zero-order chi connectivity index (χ0) is 27.4. The minimum Gasteiger partial charge on any atom is -0.458 e. The predicted molar refractivity (Wildman–Crippen MR) is 136 cm³/mol. The van der Waals surface area contributed by atoms with Crippen LogP contribution in [0.3, 0.4) is 0 Å². The lowest BCUT2D eigenvalue weighted by atomic mass is 10.00. The summed E-state index contributed by atoms with van der Waals surface area (Å²) in [5.74, 6) is -2.00. The normalized spacial score (nSPS) is 19.9. The van der Waals surface area contributed by atoms with Gasteiger partial charge in [-0.2, -0.15) is 0 Å². The first kappa shape index (κ1) is 28.2. The van der Waals surface area contributed by atoms with Crippen LogP contribution in [-0.2, 0) is 30.4 Å². The molecule has 0 N–H and O–H groups in total. The number of rotatable bonds is 9. The number of amides is 1. The fraction of sp³-hybridized carbons (Fsp3) is 0.483. The maximum Gasteiger partial charge on any atom is 0.410 e. The zero-order valence-corrected chi connectivity index (χ0v) is 22.3. The number of hydrogen-bond acceptors (Lipinski definition) is 6. The molecule has 0 aliphatic heterocycles. The van der Waals surface area contributed by atoms with Crippen LogP contribution in [0.25, 0.3) is 0 Å². The molecule has 1 aliphatic carbocycles. The monoisotopic (exact) mass is 513 g/mol. The van der Waals surface area contributed by atoms with Crippen molar-refractivity contribution < 1.29 is 33.0 Å². The Labute approximate surface area is 217 Å². The molecule has 1 saturated carbocycles. The molecule has 1 aliphatic rings. The van der Waals surface area contributed by atoms with Crippen molar-refractivity contribution in [3.63, 3.8) is 0 Å². The lowest BCUT2D eigenvalue weighted by Gasteiger charge is -2.32. The summed E-state index contributed by atoms with van der Waals surface area (Å²) in [6.45, 7) is 7.71. The van der Waals surface area contributed by atoms with Crippen LogP contribution in [0.2, 0.25) is 0 Å². The molecule has 7 nitrogen and oxygen atoms in total. The molecule has 0 saturated heterocycles. The van der Waals surface area contributed by atoms with Crippen molar-refractivity contribution in [1.82, 2.24) is 4.90 Å². The van der Waals surface area contributed by atoms with Gasteiger partial charge in [0.25, 0.3) is 0 Å². The van der Waals surface area contributed by atoms with E-state index in [1.165, 1.54) is 20.9 Å². The zero-order valence-electron chi connectivity index (χ0n) is 22.3. The number of halogens is 1. The van der Waals surface area contributed by atoms with Crippen LogP contribution in [0.5, 0.6) is 0 Å². The largest absolute Gasteiger partial charge is 0.458 e. The Balaban J connectivity index is 1.85. The Morgan fingerprint density at radius 1 is 1.00 bits per heavy atom. The summed E-state index contributed by atoms with van der Waals surface area (Å²) in [6.07, 6.45) is -0.917. The highest BCUT2D eigenvalue weighted by Gasteiger charge is 2.66. The molecule has 1 fully saturated rings. The van der Waals surface area contributed by atoms with E-state index in [4.69, 9.17) is 14.2 Å². The van der Waals surface area contributed by atoms with Gasteiger partial charge in [0.2, 0.25) is 5.60 Å². The second-order valence-corrected chi connectivity index (χ2v) is 11.1. The van der Waals surface area contributed by atoms with E-state index in [0.29, 0.717) is 0 Å². The number of alkyl halides is 1.